The zero-order valence-corrected chi connectivity index (χ0v) is 37.6. The summed E-state index contributed by atoms with van der Waals surface area (Å²) in [5.41, 5.74) is 28.6. The van der Waals surface area contributed by atoms with Crippen molar-refractivity contribution < 1.29 is 0 Å². The highest BCUT2D eigenvalue weighted by Crippen LogP contribution is 2.45. The van der Waals surface area contributed by atoms with Gasteiger partial charge in [-0.2, -0.15) is 0 Å². The van der Waals surface area contributed by atoms with E-state index in [0.29, 0.717) is 0 Å². The molecular weight excluding hydrogens is 753 g/mol. The van der Waals surface area contributed by atoms with Crippen molar-refractivity contribution in [2.45, 2.75) is 86.0 Å². The molecule has 0 unspecified atom stereocenters. The first kappa shape index (κ1) is 39.5. The standard InChI is InChI=1S/C58H56N4/c1-35(24-26-59)37(3)61-52-22-16-40(38-12-18-44(19-13-38)57(4,5)6)28-48(52)50-30-42-10-11-43-31-51-49-29-41(39-14-20-45(21-15-39)58(7,8)9)17-23-53(49)62(56-34-60-27-25-36(56)2)55(51)33-47(43)46(42)32-54(50)61/h12-34H,10-11,59H2,1-9H3/b26-24-,37-35+. The molecular formula is C58H56N4. The van der Waals surface area contributed by atoms with Crippen molar-refractivity contribution in [2.24, 2.45) is 5.73 Å². The largest absolute Gasteiger partial charge is 0.405 e. The smallest absolute Gasteiger partial charge is 0.0674 e. The summed E-state index contributed by atoms with van der Waals surface area (Å²) in [6.07, 6.45) is 9.53. The lowest BCUT2D eigenvalue weighted by Gasteiger charge is -2.22. The van der Waals surface area contributed by atoms with E-state index in [4.69, 9.17) is 5.73 Å². The van der Waals surface area contributed by atoms with Crippen molar-refractivity contribution >= 4 is 49.3 Å². The van der Waals surface area contributed by atoms with Crippen molar-refractivity contribution in [2.75, 3.05) is 0 Å². The average molecular weight is 809 g/mol. The summed E-state index contributed by atoms with van der Waals surface area (Å²) in [6.45, 7) is 20.2. The Kier molecular flexibility index (Phi) is 9.22. The van der Waals surface area contributed by atoms with Crippen LogP contribution in [0.15, 0.2) is 146 Å². The van der Waals surface area contributed by atoms with E-state index in [1.807, 2.05) is 18.5 Å². The van der Waals surface area contributed by atoms with Gasteiger partial charge in [-0.15, -0.1) is 0 Å². The Morgan fingerprint density at radius 1 is 0.565 bits per heavy atom. The highest BCUT2D eigenvalue weighted by atomic mass is 15.0. The number of aromatic nitrogens is 3. The minimum absolute atomic E-state index is 0.107. The molecule has 2 N–H and O–H groups in total. The zero-order valence-electron chi connectivity index (χ0n) is 37.6. The van der Waals surface area contributed by atoms with Crippen LogP contribution in [0.2, 0.25) is 0 Å². The van der Waals surface area contributed by atoms with Crippen molar-refractivity contribution in [1.82, 2.24) is 14.1 Å². The van der Waals surface area contributed by atoms with E-state index in [2.05, 4.69) is 192 Å². The van der Waals surface area contributed by atoms with Gasteiger partial charge in [0.1, 0.15) is 0 Å². The highest BCUT2D eigenvalue weighted by molar-refractivity contribution is 6.15. The third-order valence-electron chi connectivity index (χ3n) is 13.6. The van der Waals surface area contributed by atoms with Gasteiger partial charge in [0, 0.05) is 33.4 Å². The summed E-state index contributed by atoms with van der Waals surface area (Å²) in [6, 6.07) is 44.2. The van der Waals surface area contributed by atoms with Gasteiger partial charge in [-0.25, -0.2) is 0 Å². The third-order valence-corrected chi connectivity index (χ3v) is 13.6. The second-order valence-corrected chi connectivity index (χ2v) is 19.6. The maximum absolute atomic E-state index is 5.98. The Morgan fingerprint density at radius 3 is 1.58 bits per heavy atom. The Bertz CT molecular complexity index is 3320. The van der Waals surface area contributed by atoms with Crippen LogP contribution in [0.1, 0.15) is 83.2 Å². The van der Waals surface area contributed by atoms with E-state index in [1.54, 1.807) is 6.20 Å². The number of hydrogen-bond acceptors (Lipinski definition) is 2. The number of fused-ring (bicyclic) bond motifs is 9. The topological polar surface area (TPSA) is 48.8 Å². The quantitative estimate of drug-likeness (QED) is 0.176. The van der Waals surface area contributed by atoms with Crippen molar-refractivity contribution in [3.8, 4) is 39.1 Å². The molecule has 1 aliphatic rings. The van der Waals surface area contributed by atoms with Crippen LogP contribution >= 0.6 is 0 Å². The number of benzene rings is 6. The fourth-order valence-electron chi connectivity index (χ4n) is 9.84. The third kappa shape index (κ3) is 6.47. The summed E-state index contributed by atoms with van der Waals surface area (Å²) in [5, 5.41) is 5.09. The molecule has 0 fully saturated rings. The Hall–Kier alpha value is -6.65. The van der Waals surface area contributed by atoms with Crippen LogP contribution in [0, 0.1) is 6.92 Å². The Balaban J connectivity index is 1.19. The van der Waals surface area contributed by atoms with Crippen LogP contribution in [0.25, 0.3) is 88.4 Å². The van der Waals surface area contributed by atoms with E-state index in [9.17, 15) is 0 Å². The summed E-state index contributed by atoms with van der Waals surface area (Å²) in [4.78, 5) is 4.64. The summed E-state index contributed by atoms with van der Waals surface area (Å²) in [7, 11) is 0. The molecule has 1 aliphatic carbocycles. The van der Waals surface area contributed by atoms with Crippen LogP contribution in [0.5, 0.6) is 0 Å². The van der Waals surface area contributed by atoms with Gasteiger partial charge in [-0.05, 0) is 178 Å². The molecule has 0 bridgehead atoms. The van der Waals surface area contributed by atoms with Crippen molar-refractivity contribution in [3.63, 3.8) is 0 Å². The van der Waals surface area contributed by atoms with Gasteiger partial charge < -0.3 is 14.9 Å². The van der Waals surface area contributed by atoms with Gasteiger partial charge in [0.25, 0.3) is 0 Å². The van der Waals surface area contributed by atoms with E-state index in [-0.39, 0.29) is 10.8 Å². The molecule has 308 valence electrons. The second kappa shape index (κ2) is 14.5. The molecule has 0 atom stereocenters. The minimum atomic E-state index is 0.107. The lowest BCUT2D eigenvalue weighted by molar-refractivity contribution is 0.590. The normalized spacial score (nSPS) is 13.7. The SMILES string of the molecule is CC(/C=C\N)=C(/C)n1c2ccc(-c3ccc(C(C)(C)C)cc3)cc2c2cc3c(cc21)-c1cc2c(cc1CC3)c1cc(-c3ccc(C(C)(C)C)cc3)ccc1n2-c1cnccc1C. The fraction of sp³-hybridized carbons (Fsp3) is 0.224. The first-order chi connectivity index (χ1) is 29.7. The van der Waals surface area contributed by atoms with E-state index >= 15 is 0 Å². The Morgan fingerprint density at radius 2 is 1.05 bits per heavy atom. The molecule has 0 saturated carbocycles. The minimum Gasteiger partial charge on any atom is -0.405 e. The molecule has 0 radical (unpaired) electrons. The van der Waals surface area contributed by atoms with Gasteiger partial charge in [0.15, 0.2) is 0 Å². The highest BCUT2D eigenvalue weighted by Gasteiger charge is 2.25. The average Bonchev–Trinajstić information content (AvgIpc) is 3.75. The van der Waals surface area contributed by atoms with Crippen LogP contribution < -0.4 is 5.73 Å². The summed E-state index contributed by atoms with van der Waals surface area (Å²) < 4.78 is 4.89. The molecule has 3 heterocycles. The molecule has 0 saturated heterocycles. The zero-order chi connectivity index (χ0) is 43.2. The lowest BCUT2D eigenvalue weighted by atomic mass is 9.83. The predicted molar refractivity (Wildman–Crippen MR) is 265 cm³/mol. The number of rotatable bonds is 5. The van der Waals surface area contributed by atoms with Crippen LogP contribution in [0.3, 0.4) is 0 Å². The van der Waals surface area contributed by atoms with Gasteiger partial charge in [-0.3, -0.25) is 4.98 Å². The number of hydrogen-bond donors (Lipinski definition) is 1. The molecule has 6 aromatic carbocycles. The first-order valence-electron chi connectivity index (χ1n) is 22.1. The van der Waals surface area contributed by atoms with Gasteiger partial charge in [0.05, 0.1) is 34.0 Å². The van der Waals surface area contributed by atoms with Crippen molar-refractivity contribution in [3.05, 3.63) is 173 Å². The molecule has 4 heteroatoms. The molecule has 3 aromatic heterocycles. The molecule has 9 aromatic rings. The number of nitrogens with zero attached hydrogens (tertiary/aromatic N) is 3. The second-order valence-electron chi connectivity index (χ2n) is 19.6. The van der Waals surface area contributed by atoms with Crippen molar-refractivity contribution in [1.29, 1.82) is 0 Å². The van der Waals surface area contributed by atoms with Crippen LogP contribution in [0.4, 0.5) is 0 Å². The van der Waals surface area contributed by atoms with Crippen LogP contribution in [-0.2, 0) is 23.7 Å². The lowest BCUT2D eigenvalue weighted by Crippen LogP contribution is -2.10. The summed E-state index contributed by atoms with van der Waals surface area (Å²) >= 11 is 0. The molecule has 62 heavy (non-hydrogen) atoms. The molecule has 10 rings (SSSR count). The van der Waals surface area contributed by atoms with E-state index in [1.165, 1.54) is 105 Å². The Labute approximate surface area is 366 Å². The number of pyridine rings is 1. The van der Waals surface area contributed by atoms with E-state index < -0.39 is 0 Å². The maximum Gasteiger partial charge on any atom is 0.0674 e. The molecule has 4 nitrogen and oxygen atoms in total. The van der Waals surface area contributed by atoms with Gasteiger partial charge >= 0.3 is 0 Å². The van der Waals surface area contributed by atoms with E-state index in [0.717, 1.165) is 29.8 Å². The number of allylic oxidation sites excluding steroid dienone is 3. The maximum atomic E-state index is 5.98. The first-order valence-corrected chi connectivity index (χ1v) is 22.1. The van der Waals surface area contributed by atoms with Gasteiger partial charge in [-0.1, -0.05) is 102 Å². The number of nitrogens with two attached hydrogens (primary N) is 1. The number of aryl methyl sites for hydroxylation is 3. The fourth-order valence-corrected chi connectivity index (χ4v) is 9.84. The summed E-state index contributed by atoms with van der Waals surface area (Å²) in [5.74, 6) is 0. The molecule has 0 amide bonds. The molecule has 0 spiro atoms. The van der Waals surface area contributed by atoms with Crippen LogP contribution in [-0.4, -0.2) is 14.1 Å². The predicted octanol–water partition coefficient (Wildman–Crippen LogP) is 15.0. The molecule has 0 aliphatic heterocycles. The van der Waals surface area contributed by atoms with Gasteiger partial charge in [0.2, 0.25) is 0 Å². The monoisotopic (exact) mass is 808 g/mol.